The Bertz CT molecular complexity index is 501. The molecule has 1 nitrogen and oxygen atoms in total. The highest BCUT2D eigenvalue weighted by Crippen LogP contribution is 2.21. The zero-order valence-electron chi connectivity index (χ0n) is 11.3. The second kappa shape index (κ2) is 6.03. The molecule has 1 heterocycles. The van der Waals surface area contributed by atoms with Crippen LogP contribution in [-0.2, 0) is 6.54 Å². The average molecular weight is 247 g/mol. The maximum absolute atomic E-state index is 13.1. The number of aromatic nitrogens is 1. The largest absolute Gasteiger partial charge is 0.347 e. The third kappa shape index (κ3) is 2.92. The summed E-state index contributed by atoms with van der Waals surface area (Å²) in [6.45, 7) is 5.54. The van der Waals surface area contributed by atoms with Crippen molar-refractivity contribution in [2.75, 3.05) is 0 Å². The molecule has 1 unspecified atom stereocenters. The Labute approximate surface area is 109 Å². The van der Waals surface area contributed by atoms with Gasteiger partial charge >= 0.3 is 0 Å². The number of halogens is 1. The lowest BCUT2D eigenvalue weighted by atomic mass is 9.99. The van der Waals surface area contributed by atoms with E-state index in [-0.39, 0.29) is 5.82 Å². The molecule has 0 bridgehead atoms. The molecule has 2 heteroatoms. The predicted octanol–water partition coefficient (Wildman–Crippen LogP) is 5.00. The van der Waals surface area contributed by atoms with Crippen LogP contribution in [0.15, 0.2) is 30.5 Å². The molecule has 0 saturated carbocycles. The fraction of sp³-hybridized carbons (Fsp3) is 0.500. The zero-order valence-corrected chi connectivity index (χ0v) is 11.3. The maximum Gasteiger partial charge on any atom is 0.123 e. The van der Waals surface area contributed by atoms with Crippen LogP contribution in [0, 0.1) is 11.7 Å². The summed E-state index contributed by atoms with van der Waals surface area (Å²) in [6, 6.07) is 7.05. The topological polar surface area (TPSA) is 4.93 Å². The van der Waals surface area contributed by atoms with E-state index in [4.69, 9.17) is 0 Å². The van der Waals surface area contributed by atoms with E-state index in [0.717, 1.165) is 23.4 Å². The quantitative estimate of drug-likeness (QED) is 0.677. The number of nitrogens with zero attached hydrogens (tertiary/aromatic N) is 1. The Morgan fingerprint density at radius 3 is 2.78 bits per heavy atom. The van der Waals surface area contributed by atoms with Gasteiger partial charge in [0.2, 0.25) is 0 Å². The highest BCUT2D eigenvalue weighted by atomic mass is 19.1. The smallest absolute Gasteiger partial charge is 0.123 e. The van der Waals surface area contributed by atoms with Gasteiger partial charge in [0.1, 0.15) is 5.82 Å². The highest BCUT2D eigenvalue weighted by Gasteiger charge is 2.09. The second-order valence-electron chi connectivity index (χ2n) is 5.09. The van der Waals surface area contributed by atoms with Crippen LogP contribution >= 0.6 is 0 Å². The summed E-state index contributed by atoms with van der Waals surface area (Å²) in [4.78, 5) is 0. The third-order valence-electron chi connectivity index (χ3n) is 3.73. The van der Waals surface area contributed by atoms with Crippen LogP contribution < -0.4 is 0 Å². The number of rotatable bonds is 6. The molecule has 0 spiro atoms. The van der Waals surface area contributed by atoms with Gasteiger partial charge in [0, 0.05) is 23.6 Å². The molecular formula is C16H22FN. The predicted molar refractivity (Wildman–Crippen MR) is 75.2 cm³/mol. The van der Waals surface area contributed by atoms with Crippen molar-refractivity contribution in [2.24, 2.45) is 5.92 Å². The lowest BCUT2D eigenvalue weighted by molar-refractivity contribution is 0.396. The van der Waals surface area contributed by atoms with Crippen LogP contribution in [0.2, 0.25) is 0 Å². The normalized spacial score (nSPS) is 13.1. The van der Waals surface area contributed by atoms with Crippen LogP contribution in [0.3, 0.4) is 0 Å². The monoisotopic (exact) mass is 247 g/mol. The van der Waals surface area contributed by atoms with E-state index in [1.165, 1.54) is 25.7 Å². The van der Waals surface area contributed by atoms with Gasteiger partial charge in [0.25, 0.3) is 0 Å². The van der Waals surface area contributed by atoms with Crippen molar-refractivity contribution in [3.63, 3.8) is 0 Å². The highest BCUT2D eigenvalue weighted by molar-refractivity contribution is 5.80. The van der Waals surface area contributed by atoms with Crippen molar-refractivity contribution in [3.05, 3.63) is 36.3 Å². The Morgan fingerprint density at radius 2 is 2.06 bits per heavy atom. The molecular weight excluding hydrogens is 225 g/mol. The molecule has 0 aliphatic rings. The molecule has 0 amide bonds. The zero-order chi connectivity index (χ0) is 13.0. The summed E-state index contributed by atoms with van der Waals surface area (Å²) in [7, 11) is 0. The first kappa shape index (κ1) is 13.1. The van der Waals surface area contributed by atoms with Gasteiger partial charge < -0.3 is 4.57 Å². The summed E-state index contributed by atoms with van der Waals surface area (Å²) >= 11 is 0. The molecule has 1 atom stereocenters. The van der Waals surface area contributed by atoms with Crippen molar-refractivity contribution in [1.29, 1.82) is 0 Å². The molecule has 0 saturated heterocycles. The lowest BCUT2D eigenvalue weighted by Gasteiger charge is -2.16. The van der Waals surface area contributed by atoms with E-state index < -0.39 is 0 Å². The summed E-state index contributed by atoms with van der Waals surface area (Å²) in [5.74, 6) is 0.573. The van der Waals surface area contributed by atoms with E-state index in [1.54, 1.807) is 12.1 Å². The average Bonchev–Trinajstić information content (AvgIpc) is 2.76. The van der Waals surface area contributed by atoms with Crippen LogP contribution in [0.25, 0.3) is 10.9 Å². The first-order valence-corrected chi connectivity index (χ1v) is 6.99. The summed E-state index contributed by atoms with van der Waals surface area (Å²) < 4.78 is 15.4. The van der Waals surface area contributed by atoms with Crippen molar-refractivity contribution in [2.45, 2.75) is 46.1 Å². The summed E-state index contributed by atoms with van der Waals surface area (Å²) in [5, 5.41) is 1.00. The van der Waals surface area contributed by atoms with Gasteiger partial charge in [-0.2, -0.15) is 0 Å². The van der Waals surface area contributed by atoms with Crippen LogP contribution in [0.4, 0.5) is 4.39 Å². The molecule has 0 radical (unpaired) electrons. The van der Waals surface area contributed by atoms with E-state index in [2.05, 4.69) is 24.6 Å². The molecule has 2 aromatic rings. The number of hydrogen-bond donors (Lipinski definition) is 0. The molecule has 18 heavy (non-hydrogen) atoms. The third-order valence-corrected chi connectivity index (χ3v) is 3.73. The fourth-order valence-electron chi connectivity index (χ4n) is 2.53. The molecule has 2 rings (SSSR count). The van der Waals surface area contributed by atoms with Gasteiger partial charge in [-0.3, -0.25) is 0 Å². The standard InChI is InChI=1S/C16H22FN/c1-3-5-6-13(4-2)12-18-10-9-14-11-15(17)7-8-16(14)18/h7-11,13H,3-6,12H2,1-2H3. The molecule has 1 aromatic carbocycles. The van der Waals surface area contributed by atoms with E-state index >= 15 is 0 Å². The number of hydrogen-bond acceptors (Lipinski definition) is 0. The van der Waals surface area contributed by atoms with Crippen molar-refractivity contribution < 1.29 is 4.39 Å². The Hall–Kier alpha value is -1.31. The van der Waals surface area contributed by atoms with Crippen molar-refractivity contribution in [3.8, 4) is 0 Å². The Kier molecular flexibility index (Phi) is 4.40. The minimum atomic E-state index is -0.154. The Morgan fingerprint density at radius 1 is 1.22 bits per heavy atom. The van der Waals surface area contributed by atoms with E-state index in [9.17, 15) is 4.39 Å². The lowest BCUT2D eigenvalue weighted by Crippen LogP contribution is -2.09. The van der Waals surface area contributed by atoms with Crippen LogP contribution in [-0.4, -0.2) is 4.57 Å². The van der Waals surface area contributed by atoms with Gasteiger partial charge in [-0.05, 0) is 36.6 Å². The summed E-state index contributed by atoms with van der Waals surface area (Å²) in [6.07, 6.45) is 7.13. The fourth-order valence-corrected chi connectivity index (χ4v) is 2.53. The van der Waals surface area contributed by atoms with Gasteiger partial charge in [-0.1, -0.05) is 33.1 Å². The van der Waals surface area contributed by atoms with Gasteiger partial charge in [0.05, 0.1) is 0 Å². The van der Waals surface area contributed by atoms with Gasteiger partial charge in [0.15, 0.2) is 0 Å². The van der Waals surface area contributed by atoms with Gasteiger partial charge in [-0.15, -0.1) is 0 Å². The second-order valence-corrected chi connectivity index (χ2v) is 5.09. The van der Waals surface area contributed by atoms with Gasteiger partial charge in [-0.25, -0.2) is 4.39 Å². The minimum absolute atomic E-state index is 0.154. The summed E-state index contributed by atoms with van der Waals surface area (Å²) in [5.41, 5.74) is 1.14. The number of benzene rings is 1. The molecule has 0 aliphatic carbocycles. The first-order valence-electron chi connectivity index (χ1n) is 6.99. The minimum Gasteiger partial charge on any atom is -0.347 e. The first-order chi connectivity index (χ1) is 8.74. The van der Waals surface area contributed by atoms with Crippen LogP contribution in [0.5, 0.6) is 0 Å². The molecule has 0 fully saturated rings. The van der Waals surface area contributed by atoms with E-state index in [1.807, 2.05) is 12.1 Å². The molecule has 98 valence electrons. The SMILES string of the molecule is CCCCC(CC)Cn1ccc2cc(F)ccc21. The van der Waals surface area contributed by atoms with Crippen LogP contribution in [0.1, 0.15) is 39.5 Å². The van der Waals surface area contributed by atoms with Crippen molar-refractivity contribution in [1.82, 2.24) is 4.57 Å². The van der Waals surface area contributed by atoms with Crippen molar-refractivity contribution >= 4 is 10.9 Å². The Balaban J connectivity index is 2.15. The van der Waals surface area contributed by atoms with E-state index in [0.29, 0.717) is 0 Å². The number of unbranched alkanes of at least 4 members (excludes halogenated alkanes) is 1. The number of fused-ring (bicyclic) bond motifs is 1. The maximum atomic E-state index is 13.1. The molecule has 0 N–H and O–H groups in total. The molecule has 0 aliphatic heterocycles. The molecule has 1 aromatic heterocycles.